The molecular weight excluding hydrogens is 474 g/mol. The average molecular weight is 507 g/mol. The summed E-state index contributed by atoms with van der Waals surface area (Å²) in [5.74, 6) is 0.911. The van der Waals surface area contributed by atoms with E-state index in [1.165, 1.54) is 64.5 Å². The topological polar surface area (TPSA) is 83.6 Å². The standard InChI is InChI=1S/C15H31N.C2HF6NO4S2/c1-4-5-6-7-8-9-12-16-13-10-11-14(2)15(16)3;3-1(4,5)14(10,11)9-15(12,13)2(6,7)8/h14-15H,4-13H2,1-3H3;9H. The third kappa shape index (κ3) is 10.7. The van der Waals surface area contributed by atoms with Gasteiger partial charge in [0.25, 0.3) is 0 Å². The van der Waals surface area contributed by atoms with Gasteiger partial charge in [-0.15, -0.1) is 0 Å². The highest BCUT2D eigenvalue weighted by Gasteiger charge is 2.55. The first-order chi connectivity index (χ1) is 14.0. The molecule has 2 unspecified atom stereocenters. The van der Waals surface area contributed by atoms with Crippen LogP contribution < -0.4 is 4.13 Å². The molecular formula is C17H32F6N2O4S2. The Morgan fingerprint density at radius 3 is 1.74 bits per heavy atom. The van der Waals surface area contributed by atoms with Gasteiger partial charge in [-0.2, -0.15) is 26.3 Å². The molecule has 0 aromatic carbocycles. The number of unbranched alkanes of at least 4 members (excludes halogenated alkanes) is 5. The molecule has 1 aliphatic heterocycles. The number of sulfonamides is 2. The second-order valence-electron chi connectivity index (χ2n) is 7.65. The van der Waals surface area contributed by atoms with E-state index in [4.69, 9.17) is 0 Å². The number of hydrogen-bond donors (Lipinski definition) is 1. The van der Waals surface area contributed by atoms with E-state index in [0.717, 1.165) is 12.0 Å². The Kier molecular flexibility index (Phi) is 12.3. The molecule has 0 spiro atoms. The highest BCUT2D eigenvalue weighted by Crippen LogP contribution is 2.27. The van der Waals surface area contributed by atoms with Crippen LogP contribution in [0.4, 0.5) is 26.3 Å². The molecule has 0 aromatic rings. The molecule has 0 saturated carbocycles. The van der Waals surface area contributed by atoms with E-state index in [1.807, 2.05) is 0 Å². The first kappa shape index (κ1) is 30.4. The Balaban J connectivity index is 0.000000582. The highest BCUT2D eigenvalue weighted by molar-refractivity contribution is 8.05. The van der Waals surface area contributed by atoms with Crippen molar-refractivity contribution in [2.45, 2.75) is 89.2 Å². The maximum absolute atomic E-state index is 11.5. The van der Waals surface area contributed by atoms with Gasteiger partial charge in [0.2, 0.25) is 0 Å². The number of likely N-dealkylation sites (tertiary alicyclic amines) is 1. The van der Waals surface area contributed by atoms with Crippen molar-refractivity contribution in [2.75, 3.05) is 13.1 Å². The van der Waals surface area contributed by atoms with Crippen LogP contribution >= 0.6 is 0 Å². The maximum atomic E-state index is 11.5. The van der Waals surface area contributed by atoms with Gasteiger partial charge >= 0.3 is 31.1 Å². The molecule has 1 N–H and O–H groups in total. The van der Waals surface area contributed by atoms with Gasteiger partial charge in [0, 0.05) is 6.04 Å². The molecule has 6 nitrogen and oxygen atoms in total. The second kappa shape index (κ2) is 12.6. The number of halogens is 6. The molecule has 188 valence electrons. The quantitative estimate of drug-likeness (QED) is 0.361. The van der Waals surface area contributed by atoms with Crippen molar-refractivity contribution in [3.63, 3.8) is 0 Å². The fourth-order valence-electron chi connectivity index (χ4n) is 3.07. The smallest absolute Gasteiger partial charge is 0.300 e. The molecule has 0 radical (unpaired) electrons. The van der Waals surface area contributed by atoms with Crippen LogP contribution in [0.1, 0.15) is 72.1 Å². The first-order valence-electron chi connectivity index (χ1n) is 10.1. The molecule has 1 fully saturated rings. The zero-order valence-electron chi connectivity index (χ0n) is 17.9. The maximum Gasteiger partial charge on any atom is 0.512 e. The summed E-state index contributed by atoms with van der Waals surface area (Å²) in [7, 11) is -13.2. The van der Waals surface area contributed by atoms with Gasteiger partial charge in [-0.25, -0.2) is 16.8 Å². The lowest BCUT2D eigenvalue weighted by Gasteiger charge is -2.37. The Morgan fingerprint density at radius 1 is 0.839 bits per heavy atom. The number of rotatable bonds is 9. The fraction of sp³-hybridized carbons (Fsp3) is 1.00. The minimum Gasteiger partial charge on any atom is -0.300 e. The van der Waals surface area contributed by atoms with Crippen molar-refractivity contribution in [1.29, 1.82) is 0 Å². The van der Waals surface area contributed by atoms with Crippen LogP contribution in [0.5, 0.6) is 0 Å². The molecule has 31 heavy (non-hydrogen) atoms. The summed E-state index contributed by atoms with van der Waals surface area (Å²) in [6.45, 7) is 9.81. The van der Waals surface area contributed by atoms with Crippen molar-refractivity contribution in [3.05, 3.63) is 0 Å². The molecule has 1 rings (SSSR count). The fourth-order valence-corrected chi connectivity index (χ4v) is 4.98. The normalized spacial score (nSPS) is 21.5. The predicted molar refractivity (Wildman–Crippen MR) is 106 cm³/mol. The molecule has 2 atom stereocenters. The number of nitrogens with one attached hydrogen (secondary N) is 1. The van der Waals surface area contributed by atoms with Gasteiger partial charge in [0.1, 0.15) is 0 Å². The average Bonchev–Trinajstić information content (AvgIpc) is 2.59. The van der Waals surface area contributed by atoms with Gasteiger partial charge in [0.15, 0.2) is 0 Å². The van der Waals surface area contributed by atoms with E-state index in [2.05, 4.69) is 25.7 Å². The van der Waals surface area contributed by atoms with E-state index in [9.17, 15) is 43.2 Å². The van der Waals surface area contributed by atoms with Crippen molar-refractivity contribution < 1.29 is 43.2 Å². The Labute approximate surface area is 180 Å². The lowest BCUT2D eigenvalue weighted by Crippen LogP contribution is -2.45. The van der Waals surface area contributed by atoms with Gasteiger partial charge in [0.05, 0.1) is 0 Å². The van der Waals surface area contributed by atoms with Crippen LogP contribution in [0.3, 0.4) is 0 Å². The summed E-state index contributed by atoms with van der Waals surface area (Å²) in [5, 5.41) is 0. The molecule has 0 bridgehead atoms. The lowest BCUT2D eigenvalue weighted by atomic mass is 9.92. The molecule has 1 heterocycles. The summed E-state index contributed by atoms with van der Waals surface area (Å²) in [4.78, 5) is 2.72. The van der Waals surface area contributed by atoms with Crippen molar-refractivity contribution >= 4 is 20.0 Å². The SMILES string of the molecule is CCCCCCCCN1CCCC(C)C1C.O=S(=O)(NS(=O)(=O)C(F)(F)F)C(F)(F)F. The largest absolute Gasteiger partial charge is 0.512 e. The predicted octanol–water partition coefficient (Wildman–Crippen LogP) is 4.74. The summed E-state index contributed by atoms with van der Waals surface area (Å²) in [5.41, 5.74) is -12.3. The van der Waals surface area contributed by atoms with Gasteiger partial charge in [-0.3, -0.25) is 0 Å². The minimum absolute atomic E-state index is 0.493. The van der Waals surface area contributed by atoms with Crippen molar-refractivity contribution in [1.82, 2.24) is 9.03 Å². The van der Waals surface area contributed by atoms with Crippen LogP contribution in [-0.2, 0) is 20.0 Å². The van der Waals surface area contributed by atoms with E-state index in [-0.39, 0.29) is 0 Å². The Bertz CT molecular complexity index is 682. The van der Waals surface area contributed by atoms with E-state index in [1.54, 1.807) is 0 Å². The summed E-state index contributed by atoms with van der Waals surface area (Å²) in [6, 6.07) is 0.824. The van der Waals surface area contributed by atoms with Crippen LogP contribution in [0.15, 0.2) is 0 Å². The third-order valence-corrected chi connectivity index (χ3v) is 8.11. The summed E-state index contributed by atoms with van der Waals surface area (Å²) >= 11 is 0. The number of alkyl halides is 6. The minimum atomic E-state index is -6.60. The summed E-state index contributed by atoms with van der Waals surface area (Å²) in [6.07, 6.45) is 11.4. The lowest BCUT2D eigenvalue weighted by molar-refractivity contribution is -0.0476. The zero-order valence-corrected chi connectivity index (χ0v) is 19.5. The molecule has 1 aliphatic rings. The van der Waals surface area contributed by atoms with Crippen LogP contribution in [-0.4, -0.2) is 51.9 Å². The van der Waals surface area contributed by atoms with Crippen LogP contribution in [0.2, 0.25) is 0 Å². The Morgan fingerprint density at radius 2 is 1.29 bits per heavy atom. The number of piperidine rings is 1. The van der Waals surface area contributed by atoms with Crippen LogP contribution in [0.25, 0.3) is 0 Å². The van der Waals surface area contributed by atoms with Gasteiger partial charge in [-0.05, 0) is 45.2 Å². The third-order valence-electron chi connectivity index (χ3n) is 5.13. The van der Waals surface area contributed by atoms with E-state index >= 15 is 0 Å². The van der Waals surface area contributed by atoms with Crippen LogP contribution in [0, 0.1) is 5.92 Å². The van der Waals surface area contributed by atoms with Crippen molar-refractivity contribution in [3.8, 4) is 0 Å². The number of nitrogens with zero attached hydrogens (tertiary/aromatic N) is 1. The van der Waals surface area contributed by atoms with Crippen molar-refractivity contribution in [2.24, 2.45) is 5.92 Å². The molecule has 14 heteroatoms. The van der Waals surface area contributed by atoms with Gasteiger partial charge in [-0.1, -0.05) is 50.1 Å². The Hall–Kier alpha value is -0.600. The first-order valence-corrected chi connectivity index (χ1v) is 13.1. The van der Waals surface area contributed by atoms with E-state index < -0.39 is 35.2 Å². The zero-order chi connectivity index (χ0) is 24.5. The molecule has 0 amide bonds. The monoisotopic (exact) mass is 506 g/mol. The van der Waals surface area contributed by atoms with Gasteiger partial charge < -0.3 is 4.90 Å². The van der Waals surface area contributed by atoms with E-state index in [0.29, 0.717) is 0 Å². The summed E-state index contributed by atoms with van der Waals surface area (Å²) < 4.78 is 108. The second-order valence-corrected chi connectivity index (χ2v) is 11.3. The highest BCUT2D eigenvalue weighted by atomic mass is 32.3. The molecule has 1 saturated heterocycles. The molecule has 0 aromatic heterocycles. The molecule has 0 aliphatic carbocycles. The number of hydrogen-bond acceptors (Lipinski definition) is 5.